The summed E-state index contributed by atoms with van der Waals surface area (Å²) >= 11 is 11.9. The fraction of sp³-hybridized carbons (Fsp3) is 0.111. The maximum atomic E-state index is 5.97. The van der Waals surface area contributed by atoms with Crippen LogP contribution in [0.15, 0.2) is 22.7 Å². The molecule has 0 fully saturated rings. The van der Waals surface area contributed by atoms with E-state index in [2.05, 4.69) is 20.8 Å². The average molecular weight is 259 g/mol. The quantitative estimate of drug-likeness (QED) is 0.886. The van der Waals surface area contributed by atoms with Gasteiger partial charge in [0.05, 0.1) is 15.7 Å². The summed E-state index contributed by atoms with van der Waals surface area (Å²) in [5.41, 5.74) is 0.550. The number of aromatic nitrogens is 2. The fourth-order valence-corrected chi connectivity index (χ4v) is 1.60. The Morgan fingerprint density at radius 1 is 1.25 bits per heavy atom. The second-order valence-electron chi connectivity index (χ2n) is 2.89. The van der Waals surface area contributed by atoms with Crippen molar-refractivity contribution in [1.29, 1.82) is 0 Å². The van der Waals surface area contributed by atoms with Crippen LogP contribution in [-0.2, 0) is 0 Å². The van der Waals surface area contributed by atoms with Crippen LogP contribution in [0.1, 0.15) is 0 Å². The molecule has 1 aromatic carbocycles. The lowest BCUT2D eigenvalue weighted by molar-refractivity contribution is 0.434. The molecule has 0 aliphatic heterocycles. The monoisotopic (exact) mass is 258 g/mol. The third-order valence-corrected chi connectivity index (χ3v) is 2.47. The van der Waals surface area contributed by atoms with Gasteiger partial charge in [-0.15, -0.1) is 0 Å². The van der Waals surface area contributed by atoms with Crippen molar-refractivity contribution in [3.63, 3.8) is 0 Å². The van der Waals surface area contributed by atoms with Gasteiger partial charge in [0.2, 0.25) is 0 Å². The number of hydrogen-bond donors (Lipinski definition) is 2. The van der Waals surface area contributed by atoms with E-state index in [4.69, 9.17) is 27.7 Å². The van der Waals surface area contributed by atoms with Gasteiger partial charge in [0.25, 0.3) is 5.95 Å². The van der Waals surface area contributed by atoms with Gasteiger partial charge in [-0.05, 0) is 17.3 Å². The average Bonchev–Trinajstić information content (AvgIpc) is 2.71. The molecule has 0 aliphatic rings. The highest BCUT2D eigenvalue weighted by molar-refractivity contribution is 6.39. The molecule has 0 amide bonds. The largest absolute Gasteiger partial charge is 0.341 e. The molecule has 0 radical (unpaired) electrons. The third-order valence-electron chi connectivity index (χ3n) is 1.84. The molecule has 84 valence electrons. The number of hydrogen-bond acceptors (Lipinski definition) is 5. The smallest absolute Gasteiger partial charge is 0.322 e. The number of para-hydroxylation sites is 1. The summed E-state index contributed by atoms with van der Waals surface area (Å²) in [7, 11) is 1.68. The Hall–Kier alpha value is -1.46. The third kappa shape index (κ3) is 2.20. The number of anilines is 3. The van der Waals surface area contributed by atoms with E-state index in [1.54, 1.807) is 25.2 Å². The van der Waals surface area contributed by atoms with Crippen LogP contribution >= 0.6 is 23.2 Å². The Labute approximate surface area is 102 Å². The summed E-state index contributed by atoms with van der Waals surface area (Å²) < 4.78 is 4.84. The second kappa shape index (κ2) is 4.59. The first kappa shape index (κ1) is 11.0. The van der Waals surface area contributed by atoms with Crippen LogP contribution in [0.25, 0.3) is 0 Å². The van der Waals surface area contributed by atoms with E-state index in [1.807, 2.05) is 0 Å². The lowest BCUT2D eigenvalue weighted by Gasteiger charge is -2.05. The van der Waals surface area contributed by atoms with Gasteiger partial charge in [0, 0.05) is 7.05 Å². The van der Waals surface area contributed by atoms with Crippen molar-refractivity contribution in [2.75, 3.05) is 17.7 Å². The number of halogens is 2. The molecular formula is C9H8Cl2N4O. The summed E-state index contributed by atoms with van der Waals surface area (Å²) in [5.74, 6) is 0.291. The van der Waals surface area contributed by atoms with Gasteiger partial charge in [-0.2, -0.15) is 4.98 Å². The number of nitrogens with one attached hydrogen (secondary N) is 2. The van der Waals surface area contributed by atoms with Gasteiger partial charge < -0.3 is 15.2 Å². The van der Waals surface area contributed by atoms with Crippen molar-refractivity contribution < 1.29 is 4.52 Å². The molecule has 1 aromatic heterocycles. The molecule has 7 heteroatoms. The van der Waals surface area contributed by atoms with Gasteiger partial charge >= 0.3 is 6.01 Å². The van der Waals surface area contributed by atoms with Gasteiger partial charge in [-0.25, -0.2) is 0 Å². The van der Waals surface area contributed by atoms with Gasteiger partial charge in [-0.1, -0.05) is 29.3 Å². The molecule has 0 spiro atoms. The van der Waals surface area contributed by atoms with Crippen molar-refractivity contribution >= 4 is 40.9 Å². The first-order chi connectivity index (χ1) is 7.70. The molecule has 0 aliphatic carbocycles. The molecule has 2 rings (SSSR count). The predicted octanol–water partition coefficient (Wildman–Crippen LogP) is 3.16. The van der Waals surface area contributed by atoms with E-state index in [1.165, 1.54) is 0 Å². The van der Waals surface area contributed by atoms with E-state index in [-0.39, 0.29) is 0 Å². The molecule has 1 heterocycles. The van der Waals surface area contributed by atoms with Crippen molar-refractivity contribution in [3.8, 4) is 0 Å². The molecule has 16 heavy (non-hydrogen) atoms. The normalized spacial score (nSPS) is 10.2. The van der Waals surface area contributed by atoms with Crippen LogP contribution < -0.4 is 10.6 Å². The van der Waals surface area contributed by atoms with Gasteiger partial charge in [-0.3, -0.25) is 0 Å². The summed E-state index contributed by atoms with van der Waals surface area (Å²) in [6.07, 6.45) is 0. The summed E-state index contributed by atoms with van der Waals surface area (Å²) in [6.45, 7) is 0. The Balaban J connectivity index is 2.26. The minimum absolute atomic E-state index is 0.291. The van der Waals surface area contributed by atoms with Gasteiger partial charge in [0.1, 0.15) is 0 Å². The molecular weight excluding hydrogens is 251 g/mol. The van der Waals surface area contributed by atoms with Gasteiger partial charge in [0.15, 0.2) is 0 Å². The van der Waals surface area contributed by atoms with Crippen LogP contribution in [0.2, 0.25) is 10.0 Å². The van der Waals surface area contributed by atoms with Crippen LogP contribution in [0.4, 0.5) is 17.7 Å². The topological polar surface area (TPSA) is 63.0 Å². The zero-order valence-corrected chi connectivity index (χ0v) is 9.80. The summed E-state index contributed by atoms with van der Waals surface area (Å²) in [5, 5.41) is 10.3. The molecule has 0 unspecified atom stereocenters. The SMILES string of the molecule is CNc1nc(Nc2c(Cl)cccc2Cl)no1. The summed E-state index contributed by atoms with van der Waals surface area (Å²) in [4.78, 5) is 3.99. The maximum absolute atomic E-state index is 5.97. The Morgan fingerprint density at radius 2 is 1.94 bits per heavy atom. The Kier molecular flexibility index (Phi) is 3.17. The predicted molar refractivity (Wildman–Crippen MR) is 63.6 cm³/mol. The van der Waals surface area contributed by atoms with Crippen LogP contribution in [-0.4, -0.2) is 17.2 Å². The standard InChI is InChI=1S/C9H8Cl2N4O/c1-12-9-14-8(15-16-9)13-7-5(10)3-2-4-6(7)11/h2-4H,1H3,(H2,12,13,14,15). The van der Waals surface area contributed by atoms with E-state index in [0.717, 1.165) is 0 Å². The molecule has 5 nitrogen and oxygen atoms in total. The lowest BCUT2D eigenvalue weighted by Crippen LogP contribution is -1.94. The number of rotatable bonds is 3. The summed E-state index contributed by atoms with van der Waals surface area (Å²) in [6, 6.07) is 5.50. The zero-order chi connectivity index (χ0) is 11.5. The molecule has 2 aromatic rings. The van der Waals surface area contributed by atoms with Crippen LogP contribution in [0.5, 0.6) is 0 Å². The van der Waals surface area contributed by atoms with E-state index < -0.39 is 0 Å². The molecule has 2 N–H and O–H groups in total. The Bertz CT molecular complexity index is 480. The van der Waals surface area contributed by atoms with Crippen molar-refractivity contribution in [2.45, 2.75) is 0 Å². The van der Waals surface area contributed by atoms with E-state index in [0.29, 0.717) is 27.7 Å². The zero-order valence-electron chi connectivity index (χ0n) is 8.29. The van der Waals surface area contributed by atoms with Crippen molar-refractivity contribution in [1.82, 2.24) is 10.1 Å². The molecule has 0 saturated carbocycles. The van der Waals surface area contributed by atoms with E-state index in [9.17, 15) is 0 Å². The van der Waals surface area contributed by atoms with Crippen LogP contribution in [0, 0.1) is 0 Å². The maximum Gasteiger partial charge on any atom is 0.322 e. The minimum atomic E-state index is 0.291. The van der Waals surface area contributed by atoms with Crippen LogP contribution in [0.3, 0.4) is 0 Å². The molecule has 0 bridgehead atoms. The number of benzene rings is 1. The second-order valence-corrected chi connectivity index (χ2v) is 3.71. The molecule has 0 atom stereocenters. The minimum Gasteiger partial charge on any atom is -0.341 e. The number of nitrogens with zero attached hydrogens (tertiary/aromatic N) is 2. The first-order valence-electron chi connectivity index (χ1n) is 4.43. The lowest BCUT2D eigenvalue weighted by atomic mass is 10.3. The highest BCUT2D eigenvalue weighted by Crippen LogP contribution is 2.31. The highest BCUT2D eigenvalue weighted by atomic mass is 35.5. The fourth-order valence-electron chi connectivity index (χ4n) is 1.10. The van der Waals surface area contributed by atoms with Crippen molar-refractivity contribution in [2.24, 2.45) is 0 Å². The first-order valence-corrected chi connectivity index (χ1v) is 5.19. The highest BCUT2D eigenvalue weighted by Gasteiger charge is 2.09. The van der Waals surface area contributed by atoms with E-state index >= 15 is 0 Å². The van der Waals surface area contributed by atoms with Crippen molar-refractivity contribution in [3.05, 3.63) is 28.2 Å². The molecule has 0 saturated heterocycles. The Morgan fingerprint density at radius 3 is 2.50 bits per heavy atom.